The molecular formula is C25H36N4O4. The van der Waals surface area contributed by atoms with E-state index in [-0.39, 0.29) is 11.6 Å². The van der Waals surface area contributed by atoms with Crippen molar-refractivity contribution >= 4 is 5.70 Å². The van der Waals surface area contributed by atoms with Crippen molar-refractivity contribution in [2.75, 3.05) is 38.3 Å². The number of aromatic hydroxyl groups is 1. The molecular weight excluding hydrogens is 420 g/mol. The Balaban J connectivity index is 1.39. The van der Waals surface area contributed by atoms with E-state index in [0.717, 1.165) is 55.0 Å². The molecule has 0 radical (unpaired) electrons. The molecule has 2 aromatic rings. The SMILES string of the molecule is CCCCOc1ccc2c(c1)C(Nn1cc(O)n(CCCCN3CCCCC3)c1=O)=CCO2. The zero-order chi connectivity index (χ0) is 23.0. The number of hydrogen-bond donors (Lipinski definition) is 2. The minimum Gasteiger partial charge on any atom is -0.494 e. The number of unbranched alkanes of at least 4 members (excludes halogenated alkanes) is 2. The first-order valence-electron chi connectivity index (χ1n) is 12.3. The van der Waals surface area contributed by atoms with Gasteiger partial charge in [0.1, 0.15) is 18.1 Å². The van der Waals surface area contributed by atoms with Crippen LogP contribution in [0.1, 0.15) is 57.4 Å². The minimum atomic E-state index is -0.283. The molecule has 1 fully saturated rings. The van der Waals surface area contributed by atoms with Crippen LogP contribution in [0.2, 0.25) is 0 Å². The second-order valence-corrected chi connectivity index (χ2v) is 8.80. The fraction of sp³-hybridized carbons (Fsp3) is 0.560. The quantitative estimate of drug-likeness (QED) is 0.501. The molecule has 33 heavy (non-hydrogen) atoms. The summed E-state index contributed by atoms with van der Waals surface area (Å²) in [6, 6.07) is 5.71. The van der Waals surface area contributed by atoms with Gasteiger partial charge in [0.15, 0.2) is 0 Å². The van der Waals surface area contributed by atoms with E-state index in [1.807, 2.05) is 24.3 Å². The number of nitrogens with zero attached hydrogens (tertiary/aromatic N) is 3. The topological polar surface area (TPSA) is 80.9 Å². The van der Waals surface area contributed by atoms with Crippen LogP contribution in [-0.2, 0) is 6.54 Å². The fourth-order valence-electron chi connectivity index (χ4n) is 4.38. The lowest BCUT2D eigenvalue weighted by atomic mass is 10.1. The third-order valence-electron chi connectivity index (χ3n) is 6.29. The monoisotopic (exact) mass is 456 g/mol. The van der Waals surface area contributed by atoms with Crippen molar-refractivity contribution in [1.29, 1.82) is 0 Å². The summed E-state index contributed by atoms with van der Waals surface area (Å²) in [5.41, 5.74) is 4.44. The number of nitrogens with one attached hydrogen (secondary N) is 1. The van der Waals surface area contributed by atoms with Gasteiger partial charge in [0.2, 0.25) is 5.88 Å². The van der Waals surface area contributed by atoms with Crippen LogP contribution in [0.5, 0.6) is 17.4 Å². The van der Waals surface area contributed by atoms with Gasteiger partial charge in [-0.1, -0.05) is 19.8 Å². The third-order valence-corrected chi connectivity index (χ3v) is 6.29. The molecule has 1 aromatic carbocycles. The van der Waals surface area contributed by atoms with Crippen LogP contribution in [0.25, 0.3) is 5.70 Å². The lowest BCUT2D eigenvalue weighted by Crippen LogP contribution is -2.32. The highest BCUT2D eigenvalue weighted by molar-refractivity contribution is 5.76. The lowest BCUT2D eigenvalue weighted by molar-refractivity contribution is 0.223. The Morgan fingerprint density at radius 1 is 1.12 bits per heavy atom. The van der Waals surface area contributed by atoms with Crippen LogP contribution < -0.4 is 20.6 Å². The lowest BCUT2D eigenvalue weighted by Gasteiger charge is -2.26. The van der Waals surface area contributed by atoms with Crippen molar-refractivity contribution in [3.8, 4) is 17.4 Å². The van der Waals surface area contributed by atoms with Gasteiger partial charge < -0.3 is 19.5 Å². The Labute approximate surface area is 195 Å². The second kappa shape index (κ2) is 11.3. The first-order valence-corrected chi connectivity index (χ1v) is 12.3. The Hall–Kier alpha value is -2.87. The van der Waals surface area contributed by atoms with Crippen molar-refractivity contribution in [3.63, 3.8) is 0 Å². The highest BCUT2D eigenvalue weighted by Gasteiger charge is 2.18. The van der Waals surface area contributed by atoms with Gasteiger partial charge in [-0.3, -0.25) is 9.99 Å². The Kier molecular flexibility index (Phi) is 7.99. The first kappa shape index (κ1) is 23.3. The second-order valence-electron chi connectivity index (χ2n) is 8.80. The van der Waals surface area contributed by atoms with Crippen LogP contribution in [0.3, 0.4) is 0 Å². The van der Waals surface area contributed by atoms with Crippen molar-refractivity contribution < 1.29 is 14.6 Å². The van der Waals surface area contributed by atoms with Crippen LogP contribution in [-0.4, -0.2) is 52.1 Å². The van der Waals surface area contributed by atoms with Gasteiger partial charge in [0.05, 0.1) is 18.5 Å². The molecule has 3 heterocycles. The van der Waals surface area contributed by atoms with Crippen LogP contribution in [0.4, 0.5) is 0 Å². The number of aromatic nitrogens is 2. The van der Waals surface area contributed by atoms with E-state index in [9.17, 15) is 9.90 Å². The summed E-state index contributed by atoms with van der Waals surface area (Å²) in [5, 5.41) is 10.4. The maximum Gasteiger partial charge on any atom is 0.349 e. The van der Waals surface area contributed by atoms with E-state index < -0.39 is 0 Å². The van der Waals surface area contributed by atoms with Gasteiger partial charge in [-0.2, -0.15) is 0 Å². The maximum atomic E-state index is 12.9. The molecule has 0 bridgehead atoms. The number of rotatable bonds is 11. The number of imidazole rings is 1. The Morgan fingerprint density at radius 2 is 1.94 bits per heavy atom. The number of hydrogen-bond acceptors (Lipinski definition) is 6. The summed E-state index contributed by atoms with van der Waals surface area (Å²) in [7, 11) is 0. The normalized spacial score (nSPS) is 16.1. The first-order chi connectivity index (χ1) is 16.2. The van der Waals surface area contributed by atoms with Gasteiger partial charge in [-0.05, 0) is 76.0 Å². The summed E-state index contributed by atoms with van der Waals surface area (Å²) in [6.45, 7) is 7.11. The summed E-state index contributed by atoms with van der Waals surface area (Å²) in [4.78, 5) is 15.4. The van der Waals surface area contributed by atoms with Crippen molar-refractivity contribution in [1.82, 2.24) is 14.1 Å². The van der Waals surface area contributed by atoms with Crippen LogP contribution in [0, 0.1) is 0 Å². The molecule has 0 atom stereocenters. The summed E-state index contributed by atoms with van der Waals surface area (Å²) in [6.07, 6.45) is 11.2. The molecule has 0 aliphatic carbocycles. The van der Waals surface area contributed by atoms with E-state index in [1.54, 1.807) is 0 Å². The standard InChI is InChI=1S/C25H36N4O4/c1-2-3-16-32-20-9-10-23-21(18-20)22(11-17-33-23)26-29-19-24(30)28(25(29)31)15-8-7-14-27-12-5-4-6-13-27/h9-11,18-19,26,30H,2-8,12-17H2,1H3. The van der Waals surface area contributed by atoms with Crippen molar-refractivity contribution in [3.05, 3.63) is 46.5 Å². The molecule has 0 saturated carbocycles. The molecule has 8 heteroatoms. The molecule has 8 nitrogen and oxygen atoms in total. The smallest absolute Gasteiger partial charge is 0.349 e. The van der Waals surface area contributed by atoms with E-state index in [4.69, 9.17) is 9.47 Å². The molecule has 0 spiro atoms. The molecule has 4 rings (SSSR count). The molecule has 2 N–H and O–H groups in total. The predicted octanol–water partition coefficient (Wildman–Crippen LogP) is 3.78. The third kappa shape index (κ3) is 5.93. The average molecular weight is 457 g/mol. The average Bonchev–Trinajstić information content (AvgIpc) is 3.10. The highest BCUT2D eigenvalue weighted by Crippen LogP contribution is 2.32. The molecule has 2 aliphatic heterocycles. The van der Waals surface area contributed by atoms with Crippen LogP contribution >= 0.6 is 0 Å². The zero-order valence-electron chi connectivity index (χ0n) is 19.6. The maximum absolute atomic E-state index is 12.9. The van der Waals surface area contributed by atoms with E-state index in [2.05, 4.69) is 17.2 Å². The Bertz CT molecular complexity index is 1000. The molecule has 2 aliphatic rings. The number of benzene rings is 1. The summed E-state index contributed by atoms with van der Waals surface area (Å²) in [5.74, 6) is 1.47. The summed E-state index contributed by atoms with van der Waals surface area (Å²) < 4.78 is 14.3. The van der Waals surface area contributed by atoms with Gasteiger partial charge in [0, 0.05) is 12.1 Å². The molecule has 0 amide bonds. The van der Waals surface area contributed by atoms with Crippen LogP contribution in [0.15, 0.2) is 35.3 Å². The van der Waals surface area contributed by atoms with Gasteiger partial charge in [0.25, 0.3) is 0 Å². The number of likely N-dealkylation sites (tertiary alicyclic amines) is 1. The van der Waals surface area contributed by atoms with E-state index >= 15 is 0 Å². The largest absolute Gasteiger partial charge is 0.494 e. The van der Waals surface area contributed by atoms with E-state index in [1.165, 1.54) is 47.8 Å². The Morgan fingerprint density at radius 3 is 2.76 bits per heavy atom. The van der Waals surface area contributed by atoms with Crippen molar-refractivity contribution in [2.45, 2.75) is 58.4 Å². The van der Waals surface area contributed by atoms with Crippen molar-refractivity contribution in [2.24, 2.45) is 0 Å². The molecule has 1 saturated heterocycles. The fourth-order valence-corrected chi connectivity index (χ4v) is 4.38. The van der Waals surface area contributed by atoms with Gasteiger partial charge >= 0.3 is 5.69 Å². The zero-order valence-corrected chi connectivity index (χ0v) is 19.6. The van der Waals surface area contributed by atoms with E-state index in [0.29, 0.717) is 19.8 Å². The number of piperidine rings is 1. The summed E-state index contributed by atoms with van der Waals surface area (Å²) >= 11 is 0. The molecule has 180 valence electrons. The highest BCUT2D eigenvalue weighted by atomic mass is 16.5. The molecule has 0 unspecified atom stereocenters. The number of fused-ring (bicyclic) bond motifs is 1. The number of ether oxygens (including phenoxy) is 2. The van der Waals surface area contributed by atoms with Gasteiger partial charge in [-0.15, -0.1) is 0 Å². The van der Waals surface area contributed by atoms with Gasteiger partial charge in [-0.25, -0.2) is 9.47 Å². The molecule has 1 aromatic heterocycles. The predicted molar refractivity (Wildman–Crippen MR) is 130 cm³/mol. The minimum absolute atomic E-state index is 0.0324.